The molecule has 30 heavy (non-hydrogen) atoms. The Kier molecular flexibility index (Phi) is 4.97. The summed E-state index contributed by atoms with van der Waals surface area (Å²) in [6, 6.07) is 21.5. The van der Waals surface area contributed by atoms with Gasteiger partial charge >= 0.3 is 6.09 Å². The number of amides is 2. The Morgan fingerprint density at radius 2 is 1.53 bits per heavy atom. The lowest BCUT2D eigenvalue weighted by atomic mass is 9.68. The van der Waals surface area contributed by atoms with Gasteiger partial charge < -0.3 is 15.0 Å². The van der Waals surface area contributed by atoms with Gasteiger partial charge in [-0.15, -0.1) is 0 Å². The van der Waals surface area contributed by atoms with Gasteiger partial charge in [0.05, 0.1) is 5.54 Å². The van der Waals surface area contributed by atoms with Crippen molar-refractivity contribution in [2.45, 2.75) is 37.1 Å². The van der Waals surface area contributed by atoms with Gasteiger partial charge in [-0.25, -0.2) is 4.79 Å². The second-order valence-corrected chi connectivity index (χ2v) is 9.05. The molecule has 0 atom stereocenters. The minimum atomic E-state index is -0.352. The molecule has 1 saturated carbocycles. The number of hydrogen-bond donors (Lipinski definition) is 1. The molecule has 1 aliphatic carbocycles. The maximum absolute atomic E-state index is 13.0. The fourth-order valence-electron chi connectivity index (χ4n) is 5.54. The van der Waals surface area contributed by atoms with E-state index in [0.717, 1.165) is 25.9 Å². The third kappa shape index (κ3) is 3.57. The molecule has 156 valence electrons. The Bertz CT molecular complexity index is 861. The molecule has 1 spiro atoms. The molecule has 1 N–H and O–H groups in total. The number of likely N-dealkylation sites (tertiary alicyclic amines) is 1. The lowest BCUT2D eigenvalue weighted by Gasteiger charge is -2.45. The molecule has 5 rings (SSSR count). The predicted molar refractivity (Wildman–Crippen MR) is 114 cm³/mol. The lowest BCUT2D eigenvalue weighted by molar-refractivity contribution is -0.142. The first-order chi connectivity index (χ1) is 14.6. The van der Waals surface area contributed by atoms with E-state index in [-0.39, 0.29) is 23.5 Å². The fourth-order valence-corrected chi connectivity index (χ4v) is 5.54. The zero-order valence-electron chi connectivity index (χ0n) is 17.1. The number of nitrogens with zero attached hydrogens (tertiary/aromatic N) is 1. The van der Waals surface area contributed by atoms with Crippen molar-refractivity contribution in [1.82, 2.24) is 10.2 Å². The summed E-state index contributed by atoms with van der Waals surface area (Å²) in [4.78, 5) is 26.4. The highest BCUT2D eigenvalue weighted by molar-refractivity contribution is 5.81. The molecule has 3 fully saturated rings. The summed E-state index contributed by atoms with van der Waals surface area (Å²) in [6.07, 6.45) is 3.08. The monoisotopic (exact) mass is 404 g/mol. The van der Waals surface area contributed by atoms with Crippen LogP contribution in [0.5, 0.6) is 0 Å². The topological polar surface area (TPSA) is 58.6 Å². The Labute approximate surface area is 177 Å². The molecule has 2 aromatic rings. The third-order valence-corrected chi connectivity index (χ3v) is 7.11. The van der Waals surface area contributed by atoms with E-state index in [1.54, 1.807) is 0 Å². The first-order valence-electron chi connectivity index (χ1n) is 11.0. The van der Waals surface area contributed by atoms with E-state index < -0.39 is 0 Å². The van der Waals surface area contributed by atoms with Crippen LogP contribution in [0, 0.1) is 11.8 Å². The molecule has 5 heteroatoms. The minimum Gasteiger partial charge on any atom is -0.447 e. The first kappa shape index (κ1) is 19.2. The summed E-state index contributed by atoms with van der Waals surface area (Å²) < 4.78 is 5.03. The molecule has 0 aromatic heterocycles. The number of benzene rings is 2. The van der Waals surface area contributed by atoms with Crippen molar-refractivity contribution in [2.75, 3.05) is 19.7 Å². The van der Waals surface area contributed by atoms with Gasteiger partial charge in [0.2, 0.25) is 5.91 Å². The van der Waals surface area contributed by atoms with Crippen LogP contribution in [0.3, 0.4) is 0 Å². The van der Waals surface area contributed by atoms with Crippen LogP contribution in [-0.4, -0.2) is 42.1 Å². The molecule has 0 unspecified atom stereocenters. The number of rotatable bonds is 4. The minimum absolute atomic E-state index is 0.0163. The first-order valence-corrected chi connectivity index (χ1v) is 11.0. The van der Waals surface area contributed by atoms with Crippen LogP contribution in [0.4, 0.5) is 4.79 Å². The molecule has 2 aromatic carbocycles. The molecular weight excluding hydrogens is 376 g/mol. The van der Waals surface area contributed by atoms with Crippen molar-refractivity contribution >= 4 is 12.0 Å². The van der Waals surface area contributed by atoms with Gasteiger partial charge in [-0.05, 0) is 42.7 Å². The van der Waals surface area contributed by atoms with E-state index in [1.807, 2.05) is 4.90 Å². The fraction of sp³-hybridized carbons (Fsp3) is 0.440. The number of cyclic esters (lactones) is 1. The summed E-state index contributed by atoms with van der Waals surface area (Å²) in [6.45, 7) is 2.02. The van der Waals surface area contributed by atoms with E-state index in [0.29, 0.717) is 31.3 Å². The van der Waals surface area contributed by atoms with Crippen LogP contribution in [0.1, 0.15) is 42.7 Å². The number of piperidine rings is 1. The van der Waals surface area contributed by atoms with E-state index in [4.69, 9.17) is 4.74 Å². The summed E-state index contributed by atoms with van der Waals surface area (Å²) in [5.41, 5.74) is 2.42. The van der Waals surface area contributed by atoms with Crippen LogP contribution in [0.25, 0.3) is 0 Å². The largest absolute Gasteiger partial charge is 0.447 e. The SMILES string of the molecule is O=C1N[C@]2(CO1)C[C@@H](C(=O)N1CCC(C(c3ccccc3)c3ccccc3)CC1)C2. The highest BCUT2D eigenvalue weighted by atomic mass is 16.6. The van der Waals surface area contributed by atoms with Gasteiger partial charge in [-0.2, -0.15) is 0 Å². The number of nitrogens with one attached hydrogen (secondary N) is 1. The Balaban J connectivity index is 1.23. The third-order valence-electron chi connectivity index (χ3n) is 7.11. The Morgan fingerprint density at radius 3 is 2.03 bits per heavy atom. The van der Waals surface area contributed by atoms with Crippen LogP contribution >= 0.6 is 0 Å². The molecule has 3 aliphatic rings. The molecule has 2 saturated heterocycles. The number of ether oxygens (including phenoxy) is 1. The molecular formula is C25H28N2O3. The molecule has 2 heterocycles. The number of carbonyl (C=O) groups excluding carboxylic acids is 2. The molecule has 2 amide bonds. The van der Waals surface area contributed by atoms with Gasteiger partial charge in [0.1, 0.15) is 6.61 Å². The van der Waals surface area contributed by atoms with Crippen LogP contribution in [-0.2, 0) is 9.53 Å². The van der Waals surface area contributed by atoms with Crippen molar-refractivity contribution in [3.8, 4) is 0 Å². The van der Waals surface area contributed by atoms with E-state index >= 15 is 0 Å². The quantitative estimate of drug-likeness (QED) is 0.840. The van der Waals surface area contributed by atoms with Gasteiger partial charge in [0.15, 0.2) is 0 Å². The van der Waals surface area contributed by atoms with Crippen molar-refractivity contribution < 1.29 is 14.3 Å². The molecule has 0 radical (unpaired) electrons. The standard InChI is InChI=1S/C25H28N2O3/c28-23(21-15-25(16-21)17-30-24(29)26-25)27-13-11-20(12-14-27)22(18-7-3-1-4-8-18)19-9-5-2-6-10-19/h1-10,20-22H,11-17H2,(H,26,29)/t21-,25-. The number of alkyl carbamates (subject to hydrolysis) is 1. The zero-order valence-corrected chi connectivity index (χ0v) is 17.1. The van der Waals surface area contributed by atoms with E-state index in [9.17, 15) is 9.59 Å². The normalized spacial score (nSPS) is 26.4. The van der Waals surface area contributed by atoms with Gasteiger partial charge in [0, 0.05) is 24.9 Å². The second-order valence-electron chi connectivity index (χ2n) is 9.05. The highest BCUT2D eigenvalue weighted by Gasteiger charge is 2.53. The summed E-state index contributed by atoms with van der Waals surface area (Å²) >= 11 is 0. The van der Waals surface area contributed by atoms with Gasteiger partial charge in [-0.1, -0.05) is 60.7 Å². The van der Waals surface area contributed by atoms with E-state index in [2.05, 4.69) is 66.0 Å². The molecule has 2 aliphatic heterocycles. The summed E-state index contributed by atoms with van der Waals surface area (Å²) in [5, 5.41) is 2.88. The summed E-state index contributed by atoms with van der Waals surface area (Å²) in [7, 11) is 0. The van der Waals surface area contributed by atoms with E-state index in [1.165, 1.54) is 11.1 Å². The molecule has 0 bridgehead atoms. The summed E-state index contributed by atoms with van der Waals surface area (Å²) in [5.74, 6) is 1.15. The van der Waals surface area contributed by atoms with Crippen LogP contribution in [0.2, 0.25) is 0 Å². The molecule has 5 nitrogen and oxygen atoms in total. The van der Waals surface area contributed by atoms with Crippen molar-refractivity contribution in [2.24, 2.45) is 11.8 Å². The van der Waals surface area contributed by atoms with Crippen molar-refractivity contribution in [1.29, 1.82) is 0 Å². The van der Waals surface area contributed by atoms with Crippen molar-refractivity contribution in [3.05, 3.63) is 71.8 Å². The van der Waals surface area contributed by atoms with Crippen molar-refractivity contribution in [3.63, 3.8) is 0 Å². The zero-order chi connectivity index (χ0) is 20.6. The lowest BCUT2D eigenvalue weighted by Crippen LogP contribution is -2.58. The van der Waals surface area contributed by atoms with Gasteiger partial charge in [-0.3, -0.25) is 4.79 Å². The number of carbonyl (C=O) groups is 2. The predicted octanol–water partition coefficient (Wildman–Crippen LogP) is 3.95. The van der Waals surface area contributed by atoms with Crippen LogP contribution in [0.15, 0.2) is 60.7 Å². The smallest absolute Gasteiger partial charge is 0.407 e. The average Bonchev–Trinajstić information content (AvgIpc) is 3.17. The Hall–Kier alpha value is -2.82. The maximum Gasteiger partial charge on any atom is 0.407 e. The second kappa shape index (κ2) is 7.78. The van der Waals surface area contributed by atoms with Crippen LogP contribution < -0.4 is 5.32 Å². The highest BCUT2D eigenvalue weighted by Crippen LogP contribution is 2.43. The number of hydrogen-bond acceptors (Lipinski definition) is 3. The van der Waals surface area contributed by atoms with Gasteiger partial charge in [0.25, 0.3) is 0 Å². The maximum atomic E-state index is 13.0. The Morgan fingerprint density at radius 1 is 0.967 bits per heavy atom. The average molecular weight is 405 g/mol.